The van der Waals surface area contributed by atoms with E-state index in [1.54, 1.807) is 6.07 Å². The molecule has 0 saturated heterocycles. The van der Waals surface area contributed by atoms with Crippen molar-refractivity contribution in [1.82, 2.24) is 9.97 Å². The number of rotatable bonds is 5. The fourth-order valence-electron chi connectivity index (χ4n) is 4.14. The molecule has 0 aliphatic rings. The number of para-hydroxylation sites is 1. The van der Waals surface area contributed by atoms with Gasteiger partial charge in [-0.25, -0.2) is 9.37 Å². The third kappa shape index (κ3) is 4.79. The molecule has 0 unspecified atom stereocenters. The van der Waals surface area contributed by atoms with Crippen molar-refractivity contribution in [3.05, 3.63) is 114 Å². The summed E-state index contributed by atoms with van der Waals surface area (Å²) < 4.78 is 19.9. The van der Waals surface area contributed by atoms with Gasteiger partial charge in [-0.15, -0.1) is 0 Å². The minimum atomic E-state index is -0.428. The molecule has 5 rings (SSSR count). The van der Waals surface area contributed by atoms with Gasteiger partial charge < -0.3 is 4.74 Å². The van der Waals surface area contributed by atoms with Crippen LogP contribution in [0.2, 0.25) is 5.02 Å². The van der Waals surface area contributed by atoms with Gasteiger partial charge in [0.2, 0.25) is 0 Å². The summed E-state index contributed by atoms with van der Waals surface area (Å²) in [6, 6.07) is 30.6. The molecule has 0 saturated carbocycles. The summed E-state index contributed by atoms with van der Waals surface area (Å²) in [5.41, 5.74) is 7.48. The van der Waals surface area contributed by atoms with E-state index in [4.69, 9.17) is 21.3 Å². The minimum Gasteiger partial charge on any atom is -0.493 e. The zero-order valence-electron chi connectivity index (χ0n) is 19.3. The molecule has 172 valence electrons. The van der Waals surface area contributed by atoms with Crippen molar-refractivity contribution in [2.45, 2.75) is 6.92 Å². The van der Waals surface area contributed by atoms with Gasteiger partial charge in [0.05, 0.1) is 24.2 Å². The van der Waals surface area contributed by atoms with Crippen molar-refractivity contribution in [1.29, 1.82) is 0 Å². The number of pyridine rings is 2. The van der Waals surface area contributed by atoms with Crippen LogP contribution in [0.5, 0.6) is 5.75 Å². The van der Waals surface area contributed by atoms with Crippen molar-refractivity contribution >= 4 is 11.6 Å². The number of ether oxygens (including phenoxy) is 1. The molecule has 0 bridgehead atoms. The number of aryl methyl sites for hydroxylation is 1. The first-order valence-corrected chi connectivity index (χ1v) is 11.5. The van der Waals surface area contributed by atoms with Crippen LogP contribution in [0.3, 0.4) is 0 Å². The average molecular weight is 481 g/mol. The van der Waals surface area contributed by atoms with Gasteiger partial charge in [0.1, 0.15) is 0 Å². The zero-order valence-corrected chi connectivity index (χ0v) is 20.1. The topological polar surface area (TPSA) is 35.0 Å². The Morgan fingerprint density at radius 3 is 2.03 bits per heavy atom. The van der Waals surface area contributed by atoms with Crippen molar-refractivity contribution < 1.29 is 9.13 Å². The molecule has 0 fully saturated rings. The molecule has 3 nitrogen and oxygen atoms in total. The van der Waals surface area contributed by atoms with Crippen LogP contribution in [0.1, 0.15) is 5.69 Å². The molecule has 3 aromatic carbocycles. The smallest absolute Gasteiger partial charge is 0.165 e. The second-order valence-electron chi connectivity index (χ2n) is 8.21. The van der Waals surface area contributed by atoms with Gasteiger partial charge in [-0.05, 0) is 60.5 Å². The maximum absolute atomic E-state index is 14.5. The second-order valence-corrected chi connectivity index (χ2v) is 8.64. The molecule has 0 atom stereocenters. The predicted molar refractivity (Wildman–Crippen MR) is 140 cm³/mol. The molecule has 35 heavy (non-hydrogen) atoms. The maximum Gasteiger partial charge on any atom is 0.165 e. The molecule has 0 aliphatic carbocycles. The fourth-order valence-corrected chi connectivity index (χ4v) is 4.41. The van der Waals surface area contributed by atoms with Crippen LogP contribution in [0.25, 0.3) is 44.9 Å². The van der Waals surface area contributed by atoms with E-state index in [-0.39, 0.29) is 5.75 Å². The Morgan fingerprint density at radius 1 is 0.657 bits per heavy atom. The SMILES string of the molecule is COc1c(F)cccc1-c1cc(-c2ccccc2)cc(-c2cccc(-c3cc(Cl)cc(C)n3)c2)n1. The summed E-state index contributed by atoms with van der Waals surface area (Å²) in [5.74, 6) is -0.258. The van der Waals surface area contributed by atoms with Gasteiger partial charge >= 0.3 is 0 Å². The van der Waals surface area contributed by atoms with Crippen molar-refractivity contribution in [3.63, 3.8) is 0 Å². The largest absolute Gasteiger partial charge is 0.493 e. The first-order chi connectivity index (χ1) is 17.0. The molecular weight excluding hydrogens is 459 g/mol. The number of halogens is 2. The highest BCUT2D eigenvalue weighted by Crippen LogP contribution is 2.36. The lowest BCUT2D eigenvalue weighted by Gasteiger charge is -2.13. The molecule has 5 aromatic rings. The van der Waals surface area contributed by atoms with E-state index in [9.17, 15) is 4.39 Å². The monoisotopic (exact) mass is 480 g/mol. The molecular formula is C30H22ClFN2O. The Hall–Kier alpha value is -4.02. The fraction of sp³-hybridized carbons (Fsp3) is 0.0667. The Labute approximate surface area is 208 Å². The predicted octanol–water partition coefficient (Wildman–Crippen LogP) is 8.25. The van der Waals surface area contributed by atoms with Gasteiger partial charge in [-0.1, -0.05) is 66.2 Å². The van der Waals surface area contributed by atoms with Gasteiger partial charge in [0.15, 0.2) is 11.6 Å². The van der Waals surface area contributed by atoms with E-state index in [1.165, 1.54) is 13.2 Å². The summed E-state index contributed by atoms with van der Waals surface area (Å²) >= 11 is 6.28. The number of benzene rings is 3. The van der Waals surface area contributed by atoms with Crippen LogP contribution in [0.4, 0.5) is 4.39 Å². The molecule has 2 heterocycles. The van der Waals surface area contributed by atoms with E-state index in [2.05, 4.69) is 4.98 Å². The summed E-state index contributed by atoms with van der Waals surface area (Å²) in [6.45, 7) is 1.92. The highest BCUT2D eigenvalue weighted by molar-refractivity contribution is 6.30. The van der Waals surface area contributed by atoms with Gasteiger partial charge in [-0.2, -0.15) is 0 Å². The Kier molecular flexibility index (Phi) is 6.30. The first-order valence-electron chi connectivity index (χ1n) is 11.2. The third-order valence-corrected chi connectivity index (χ3v) is 5.97. The Balaban J connectivity index is 1.70. The number of methoxy groups -OCH3 is 1. The lowest BCUT2D eigenvalue weighted by Crippen LogP contribution is -1.96. The number of aromatic nitrogens is 2. The van der Waals surface area contributed by atoms with Crippen LogP contribution in [0.15, 0.2) is 97.1 Å². The van der Waals surface area contributed by atoms with Gasteiger partial charge in [0.25, 0.3) is 0 Å². The normalized spacial score (nSPS) is 10.9. The lowest BCUT2D eigenvalue weighted by atomic mass is 9.98. The number of hydrogen-bond acceptors (Lipinski definition) is 3. The standard InChI is InChI=1S/C30H22ClFN2O/c1-19-14-24(31)18-28(33-19)22-11-6-10-21(15-22)27-16-23(20-8-4-3-5-9-20)17-29(34-27)25-12-7-13-26(32)30(25)35-2/h3-18H,1-2H3. The van der Waals surface area contributed by atoms with Crippen LogP contribution in [-0.2, 0) is 0 Å². The lowest BCUT2D eigenvalue weighted by molar-refractivity contribution is 0.388. The first kappa shape index (κ1) is 22.8. The van der Waals surface area contributed by atoms with E-state index in [1.807, 2.05) is 91.9 Å². The second kappa shape index (κ2) is 9.69. The Morgan fingerprint density at radius 2 is 1.31 bits per heavy atom. The molecule has 0 radical (unpaired) electrons. The zero-order chi connectivity index (χ0) is 24.4. The molecule has 0 N–H and O–H groups in total. The van der Waals surface area contributed by atoms with Crippen LogP contribution in [-0.4, -0.2) is 17.1 Å². The van der Waals surface area contributed by atoms with Crippen LogP contribution >= 0.6 is 11.6 Å². The molecule has 0 spiro atoms. The van der Waals surface area contributed by atoms with E-state index in [0.717, 1.165) is 39.3 Å². The quantitative estimate of drug-likeness (QED) is 0.254. The summed E-state index contributed by atoms with van der Waals surface area (Å²) in [5, 5.41) is 0.641. The van der Waals surface area contributed by atoms with E-state index in [0.29, 0.717) is 16.3 Å². The van der Waals surface area contributed by atoms with Crippen molar-refractivity contribution in [3.8, 4) is 50.6 Å². The summed E-state index contributed by atoms with van der Waals surface area (Å²) in [7, 11) is 1.47. The number of nitrogens with zero attached hydrogens (tertiary/aromatic N) is 2. The highest BCUT2D eigenvalue weighted by Gasteiger charge is 2.15. The molecule has 0 aliphatic heterocycles. The average Bonchev–Trinajstić information content (AvgIpc) is 2.88. The van der Waals surface area contributed by atoms with Crippen molar-refractivity contribution in [2.75, 3.05) is 7.11 Å². The van der Waals surface area contributed by atoms with Gasteiger partial charge in [0, 0.05) is 27.4 Å². The van der Waals surface area contributed by atoms with E-state index >= 15 is 0 Å². The molecule has 0 amide bonds. The van der Waals surface area contributed by atoms with E-state index < -0.39 is 5.82 Å². The Bertz CT molecular complexity index is 1500. The van der Waals surface area contributed by atoms with Crippen LogP contribution in [0, 0.1) is 12.7 Å². The van der Waals surface area contributed by atoms with Crippen LogP contribution < -0.4 is 4.74 Å². The molecule has 5 heteroatoms. The summed E-state index contributed by atoms with van der Waals surface area (Å²) in [6.07, 6.45) is 0. The third-order valence-electron chi connectivity index (χ3n) is 5.75. The summed E-state index contributed by atoms with van der Waals surface area (Å²) in [4.78, 5) is 9.56. The highest BCUT2D eigenvalue weighted by atomic mass is 35.5. The van der Waals surface area contributed by atoms with Gasteiger partial charge in [-0.3, -0.25) is 4.98 Å². The minimum absolute atomic E-state index is 0.170. The number of hydrogen-bond donors (Lipinski definition) is 0. The van der Waals surface area contributed by atoms with Crippen molar-refractivity contribution in [2.24, 2.45) is 0 Å². The molecule has 2 aromatic heterocycles. The maximum atomic E-state index is 14.5.